The molecule has 118 valence electrons. The molecule has 0 bridgehead atoms. The van der Waals surface area contributed by atoms with Crippen molar-refractivity contribution in [1.29, 1.82) is 0 Å². The first-order chi connectivity index (χ1) is 11.2. The minimum atomic E-state index is -0.814. The smallest absolute Gasteiger partial charge is 0.347 e. The fraction of sp³-hybridized carbons (Fsp3) is 0.222. The molecule has 1 saturated heterocycles. The zero-order chi connectivity index (χ0) is 16.1. The van der Waals surface area contributed by atoms with Gasteiger partial charge in [-0.05, 0) is 18.2 Å². The highest BCUT2D eigenvalue weighted by molar-refractivity contribution is 5.93. The van der Waals surface area contributed by atoms with Crippen molar-refractivity contribution in [3.63, 3.8) is 0 Å². The van der Waals surface area contributed by atoms with Gasteiger partial charge in [-0.25, -0.2) is 9.59 Å². The summed E-state index contributed by atoms with van der Waals surface area (Å²) in [4.78, 5) is 23.7. The molecule has 5 nitrogen and oxygen atoms in total. The lowest BCUT2D eigenvalue weighted by Crippen LogP contribution is -2.23. The quantitative estimate of drug-likeness (QED) is 0.794. The molecule has 1 fully saturated rings. The van der Waals surface area contributed by atoms with Gasteiger partial charge >= 0.3 is 11.9 Å². The first kappa shape index (κ1) is 15.1. The van der Waals surface area contributed by atoms with Gasteiger partial charge in [0, 0.05) is 12.0 Å². The fourth-order valence-corrected chi connectivity index (χ4v) is 2.30. The summed E-state index contributed by atoms with van der Waals surface area (Å²) in [5.41, 5.74) is 1.09. The van der Waals surface area contributed by atoms with Crippen molar-refractivity contribution in [2.24, 2.45) is 0 Å². The summed E-state index contributed by atoms with van der Waals surface area (Å²) < 4.78 is 15.7. The molecule has 3 rings (SSSR count). The van der Waals surface area contributed by atoms with E-state index in [9.17, 15) is 9.59 Å². The average molecular weight is 312 g/mol. The Bertz CT molecular complexity index is 696. The maximum atomic E-state index is 12.3. The van der Waals surface area contributed by atoms with E-state index in [1.54, 1.807) is 18.2 Å². The predicted octanol–water partition coefficient (Wildman–Crippen LogP) is 2.74. The summed E-state index contributed by atoms with van der Waals surface area (Å²) in [5.74, 6) is -0.312. The highest BCUT2D eigenvalue weighted by atomic mass is 16.6. The first-order valence-electron chi connectivity index (χ1n) is 7.37. The molecule has 2 aromatic rings. The molecule has 1 aliphatic heterocycles. The molecule has 0 amide bonds. The normalized spacial score (nSPS) is 16.7. The van der Waals surface area contributed by atoms with Crippen molar-refractivity contribution in [2.75, 3.05) is 6.61 Å². The third-order valence-corrected chi connectivity index (χ3v) is 3.51. The van der Waals surface area contributed by atoms with Crippen LogP contribution >= 0.6 is 0 Å². The zero-order valence-corrected chi connectivity index (χ0v) is 12.4. The monoisotopic (exact) mass is 312 g/mol. The van der Waals surface area contributed by atoms with Crippen LogP contribution in [0.3, 0.4) is 0 Å². The second-order valence-corrected chi connectivity index (χ2v) is 5.11. The van der Waals surface area contributed by atoms with E-state index >= 15 is 0 Å². The van der Waals surface area contributed by atoms with Gasteiger partial charge in [0.1, 0.15) is 12.4 Å². The molecule has 0 N–H and O–H groups in total. The van der Waals surface area contributed by atoms with Gasteiger partial charge in [-0.15, -0.1) is 0 Å². The van der Waals surface area contributed by atoms with Crippen LogP contribution in [0, 0.1) is 0 Å². The second kappa shape index (κ2) is 6.96. The summed E-state index contributed by atoms with van der Waals surface area (Å²) >= 11 is 0. The summed E-state index contributed by atoms with van der Waals surface area (Å²) in [6, 6.07) is 16.4. The molecular weight excluding hydrogens is 296 g/mol. The molecule has 1 heterocycles. The Morgan fingerprint density at radius 1 is 1.09 bits per heavy atom. The number of carbonyl (C=O) groups is 2. The number of benzene rings is 2. The van der Waals surface area contributed by atoms with Gasteiger partial charge < -0.3 is 14.2 Å². The molecule has 23 heavy (non-hydrogen) atoms. The van der Waals surface area contributed by atoms with Crippen LogP contribution in [-0.4, -0.2) is 24.6 Å². The lowest BCUT2D eigenvalue weighted by molar-refractivity contribution is -0.145. The van der Waals surface area contributed by atoms with Gasteiger partial charge in [0.2, 0.25) is 6.10 Å². The second-order valence-electron chi connectivity index (χ2n) is 5.11. The third kappa shape index (κ3) is 3.69. The van der Waals surface area contributed by atoms with Crippen LogP contribution < -0.4 is 4.74 Å². The Morgan fingerprint density at radius 3 is 2.57 bits per heavy atom. The van der Waals surface area contributed by atoms with Gasteiger partial charge in [-0.3, -0.25) is 0 Å². The van der Waals surface area contributed by atoms with Crippen molar-refractivity contribution in [2.45, 2.75) is 19.1 Å². The van der Waals surface area contributed by atoms with E-state index in [2.05, 4.69) is 0 Å². The average Bonchev–Trinajstić information content (AvgIpc) is 2.99. The minimum Gasteiger partial charge on any atom is -0.489 e. The standard InChI is InChI=1S/C18H16O5/c19-17(23-16-10-11-21-18(16)20)15-9-5-4-6-13(15)12-22-14-7-2-1-3-8-14/h1-9,16H,10-12H2/t16-/m0/s1. The van der Waals surface area contributed by atoms with E-state index in [0.29, 0.717) is 17.5 Å². The number of esters is 2. The first-order valence-corrected chi connectivity index (χ1v) is 7.37. The number of para-hydroxylation sites is 1. The van der Waals surface area contributed by atoms with Crippen LogP contribution in [0.5, 0.6) is 5.75 Å². The largest absolute Gasteiger partial charge is 0.489 e. The van der Waals surface area contributed by atoms with Crippen LogP contribution in [0.4, 0.5) is 0 Å². The lowest BCUT2D eigenvalue weighted by atomic mass is 10.1. The van der Waals surface area contributed by atoms with Crippen molar-refractivity contribution >= 4 is 11.9 Å². The molecule has 1 aliphatic rings. The van der Waals surface area contributed by atoms with Gasteiger partial charge in [-0.1, -0.05) is 36.4 Å². The van der Waals surface area contributed by atoms with Crippen molar-refractivity contribution in [1.82, 2.24) is 0 Å². The molecule has 1 atom stereocenters. The Kier molecular flexibility index (Phi) is 4.57. The van der Waals surface area contributed by atoms with E-state index in [0.717, 1.165) is 5.75 Å². The highest BCUT2D eigenvalue weighted by Gasteiger charge is 2.31. The zero-order valence-electron chi connectivity index (χ0n) is 12.4. The number of cyclic esters (lactones) is 1. The third-order valence-electron chi connectivity index (χ3n) is 3.51. The van der Waals surface area contributed by atoms with Crippen LogP contribution in [-0.2, 0) is 20.9 Å². The maximum Gasteiger partial charge on any atom is 0.347 e. The number of hydrogen-bond donors (Lipinski definition) is 0. The molecule has 0 saturated carbocycles. The van der Waals surface area contributed by atoms with Gasteiger partial charge in [0.15, 0.2) is 0 Å². The summed E-state index contributed by atoms with van der Waals surface area (Å²) in [6.07, 6.45) is -0.418. The number of carbonyl (C=O) groups excluding carboxylic acids is 2. The Balaban J connectivity index is 1.69. The molecule has 0 spiro atoms. The number of hydrogen-bond acceptors (Lipinski definition) is 5. The molecule has 2 aromatic carbocycles. The Hall–Kier alpha value is -2.82. The molecule has 5 heteroatoms. The van der Waals surface area contributed by atoms with Crippen LogP contribution in [0.15, 0.2) is 54.6 Å². The molecule has 0 aliphatic carbocycles. The van der Waals surface area contributed by atoms with Gasteiger partial charge in [0.05, 0.1) is 12.2 Å². The van der Waals surface area contributed by atoms with E-state index < -0.39 is 18.0 Å². The van der Waals surface area contributed by atoms with Crippen LogP contribution in [0.25, 0.3) is 0 Å². The van der Waals surface area contributed by atoms with Crippen molar-refractivity contribution in [3.05, 3.63) is 65.7 Å². The Labute approximate surface area is 133 Å². The SMILES string of the molecule is O=C(O[C@H]1CCOC1=O)c1ccccc1COc1ccccc1. The van der Waals surface area contributed by atoms with Crippen molar-refractivity contribution in [3.8, 4) is 5.75 Å². The molecule has 0 unspecified atom stereocenters. The number of ether oxygens (including phenoxy) is 3. The van der Waals surface area contributed by atoms with E-state index in [1.165, 1.54) is 0 Å². The predicted molar refractivity (Wildman–Crippen MR) is 82.0 cm³/mol. The lowest BCUT2D eigenvalue weighted by Gasteiger charge is -2.12. The van der Waals surface area contributed by atoms with E-state index in [4.69, 9.17) is 14.2 Å². The van der Waals surface area contributed by atoms with Gasteiger partial charge in [-0.2, -0.15) is 0 Å². The minimum absolute atomic E-state index is 0.240. The van der Waals surface area contributed by atoms with Crippen molar-refractivity contribution < 1.29 is 23.8 Å². The number of rotatable bonds is 5. The fourth-order valence-electron chi connectivity index (χ4n) is 2.30. The Morgan fingerprint density at radius 2 is 1.83 bits per heavy atom. The van der Waals surface area contributed by atoms with Gasteiger partial charge in [0.25, 0.3) is 0 Å². The van der Waals surface area contributed by atoms with E-state index in [-0.39, 0.29) is 13.2 Å². The molecular formula is C18H16O5. The highest BCUT2D eigenvalue weighted by Crippen LogP contribution is 2.18. The summed E-state index contributed by atoms with van der Waals surface area (Å²) in [5, 5.41) is 0. The summed E-state index contributed by atoms with van der Waals surface area (Å²) in [7, 11) is 0. The molecule has 0 radical (unpaired) electrons. The van der Waals surface area contributed by atoms with Crippen LogP contribution in [0.1, 0.15) is 22.3 Å². The maximum absolute atomic E-state index is 12.3. The summed E-state index contributed by atoms with van der Waals surface area (Å²) in [6.45, 7) is 0.528. The van der Waals surface area contributed by atoms with E-state index in [1.807, 2.05) is 36.4 Å². The molecule has 0 aromatic heterocycles. The topological polar surface area (TPSA) is 61.8 Å². The van der Waals surface area contributed by atoms with Crippen LogP contribution in [0.2, 0.25) is 0 Å².